The minimum absolute atomic E-state index is 0.671. The van der Waals surface area contributed by atoms with Crippen molar-refractivity contribution in [1.29, 1.82) is 5.26 Å². The van der Waals surface area contributed by atoms with Crippen LogP contribution in [0.2, 0.25) is 5.02 Å². The lowest BCUT2D eigenvalue weighted by Gasteiger charge is -2.12. The Morgan fingerprint density at radius 1 is 1.26 bits per heavy atom. The molecular weight excluding hydrogens is 306 g/mol. The van der Waals surface area contributed by atoms with Crippen molar-refractivity contribution in [3.8, 4) is 6.07 Å². The van der Waals surface area contributed by atoms with Gasteiger partial charge in [-0.05, 0) is 61.2 Å². The molecule has 0 bridgehead atoms. The Morgan fingerprint density at radius 3 is 2.57 bits per heavy atom. The van der Waals surface area contributed by atoms with Gasteiger partial charge >= 0.3 is 0 Å². The predicted molar refractivity (Wildman–Crippen MR) is 96.6 cm³/mol. The van der Waals surface area contributed by atoms with Crippen molar-refractivity contribution < 1.29 is 0 Å². The van der Waals surface area contributed by atoms with Crippen LogP contribution in [-0.4, -0.2) is 24.8 Å². The van der Waals surface area contributed by atoms with Crippen molar-refractivity contribution in [3.05, 3.63) is 63.7 Å². The monoisotopic (exact) mass is 325 g/mol. The zero-order chi connectivity index (χ0) is 16.8. The molecule has 0 saturated carbocycles. The first-order valence-electron chi connectivity index (χ1n) is 7.56. The fourth-order valence-electron chi connectivity index (χ4n) is 2.20. The summed E-state index contributed by atoms with van der Waals surface area (Å²) < 4.78 is 0. The van der Waals surface area contributed by atoms with Gasteiger partial charge in [0, 0.05) is 18.6 Å². The predicted octanol–water partition coefficient (Wildman–Crippen LogP) is 4.72. The van der Waals surface area contributed by atoms with E-state index in [-0.39, 0.29) is 0 Å². The molecule has 0 radical (unpaired) electrons. The summed E-state index contributed by atoms with van der Waals surface area (Å²) in [4.78, 5) is 6.55. The van der Waals surface area contributed by atoms with Crippen LogP contribution < -0.4 is 0 Å². The summed E-state index contributed by atoms with van der Waals surface area (Å²) >= 11 is 6.25. The fraction of sp³-hybridized carbons (Fsp3) is 0.263. The molecule has 0 spiro atoms. The average Bonchev–Trinajstić information content (AvgIpc) is 2.56. The molecule has 0 aromatic heterocycles. The maximum atomic E-state index is 8.87. The Morgan fingerprint density at radius 2 is 1.96 bits per heavy atom. The second-order valence-electron chi connectivity index (χ2n) is 5.51. The summed E-state index contributed by atoms with van der Waals surface area (Å²) in [5.74, 6) is 0. The minimum atomic E-state index is 0.671. The molecule has 0 unspecified atom stereocenters. The summed E-state index contributed by atoms with van der Waals surface area (Å²) in [6.07, 6.45) is 2.59. The normalized spacial score (nSPS) is 10.7. The van der Waals surface area contributed by atoms with Crippen LogP contribution in [0.25, 0.3) is 0 Å². The van der Waals surface area contributed by atoms with Crippen molar-refractivity contribution >= 4 is 23.6 Å². The average molecular weight is 326 g/mol. The molecule has 0 amide bonds. The van der Waals surface area contributed by atoms with Gasteiger partial charge in [-0.25, -0.2) is 4.99 Å². The van der Waals surface area contributed by atoms with E-state index in [1.54, 1.807) is 0 Å². The van der Waals surface area contributed by atoms with Crippen LogP contribution in [0, 0.1) is 18.3 Å². The molecule has 0 aliphatic rings. The van der Waals surface area contributed by atoms with Gasteiger partial charge in [0.15, 0.2) is 0 Å². The lowest BCUT2D eigenvalue weighted by Crippen LogP contribution is -2.14. The number of hydrogen-bond acceptors (Lipinski definition) is 2. The van der Waals surface area contributed by atoms with Gasteiger partial charge in [-0.2, -0.15) is 5.26 Å². The summed E-state index contributed by atoms with van der Waals surface area (Å²) in [5, 5.41) is 9.56. The van der Waals surface area contributed by atoms with E-state index in [4.69, 9.17) is 16.9 Å². The van der Waals surface area contributed by atoms with Crippen LogP contribution in [0.15, 0.2) is 41.4 Å². The summed E-state index contributed by atoms with van der Waals surface area (Å²) in [6, 6.07) is 13.6. The molecule has 0 fully saturated rings. The van der Waals surface area contributed by atoms with Gasteiger partial charge in [-0.3, -0.25) is 0 Å². The first-order valence-corrected chi connectivity index (χ1v) is 7.93. The number of benzene rings is 2. The highest BCUT2D eigenvalue weighted by Gasteiger charge is 2.07. The van der Waals surface area contributed by atoms with Gasteiger partial charge in [0.05, 0.1) is 23.7 Å². The third-order valence-electron chi connectivity index (χ3n) is 3.82. The largest absolute Gasteiger partial charge is 0.366 e. The van der Waals surface area contributed by atoms with E-state index < -0.39 is 0 Å². The van der Waals surface area contributed by atoms with Gasteiger partial charge < -0.3 is 4.90 Å². The second kappa shape index (κ2) is 7.80. The van der Waals surface area contributed by atoms with Gasteiger partial charge in [0.1, 0.15) is 0 Å². The van der Waals surface area contributed by atoms with Crippen molar-refractivity contribution in [2.45, 2.75) is 20.3 Å². The van der Waals surface area contributed by atoms with Crippen LogP contribution in [-0.2, 0) is 6.42 Å². The third-order valence-corrected chi connectivity index (χ3v) is 4.04. The molecule has 2 rings (SSSR count). The van der Waals surface area contributed by atoms with Crippen molar-refractivity contribution in [2.75, 3.05) is 13.6 Å². The topological polar surface area (TPSA) is 39.4 Å². The van der Waals surface area contributed by atoms with Gasteiger partial charge in [0.25, 0.3) is 0 Å². The van der Waals surface area contributed by atoms with E-state index in [9.17, 15) is 0 Å². The van der Waals surface area contributed by atoms with E-state index in [1.165, 1.54) is 0 Å². The van der Waals surface area contributed by atoms with E-state index in [2.05, 4.69) is 24.9 Å². The summed E-state index contributed by atoms with van der Waals surface area (Å²) in [5.41, 5.74) is 4.98. The van der Waals surface area contributed by atoms with E-state index in [1.807, 2.05) is 54.7 Å². The Bertz CT molecular complexity index is 742. The maximum absolute atomic E-state index is 8.87. The highest BCUT2D eigenvalue weighted by atomic mass is 35.5. The van der Waals surface area contributed by atoms with Crippen molar-refractivity contribution in [2.24, 2.45) is 4.99 Å². The lowest BCUT2D eigenvalue weighted by molar-refractivity contribution is 0.552. The molecule has 3 nitrogen and oxygen atoms in total. The highest BCUT2D eigenvalue weighted by molar-refractivity contribution is 6.31. The number of nitrogens with zero attached hydrogens (tertiary/aromatic N) is 3. The zero-order valence-corrected chi connectivity index (χ0v) is 14.4. The third kappa shape index (κ3) is 4.58. The molecule has 118 valence electrons. The molecule has 2 aromatic rings. The molecule has 2 aromatic carbocycles. The molecule has 0 aliphatic carbocycles. The first kappa shape index (κ1) is 17.1. The van der Waals surface area contributed by atoms with Gasteiger partial charge in [0.2, 0.25) is 0 Å². The minimum Gasteiger partial charge on any atom is -0.366 e. The summed E-state index contributed by atoms with van der Waals surface area (Å²) in [6.45, 7) is 5.04. The van der Waals surface area contributed by atoms with Crippen LogP contribution in [0.3, 0.4) is 0 Å². The van der Waals surface area contributed by atoms with Crippen LogP contribution in [0.1, 0.15) is 29.2 Å². The number of nitriles is 1. The fourth-order valence-corrected chi connectivity index (χ4v) is 2.43. The molecule has 0 heterocycles. The molecule has 0 N–H and O–H groups in total. The Kier molecular flexibility index (Phi) is 5.78. The quantitative estimate of drug-likeness (QED) is 0.589. The molecule has 0 aliphatic heterocycles. The van der Waals surface area contributed by atoms with Crippen molar-refractivity contribution in [1.82, 2.24) is 4.90 Å². The van der Waals surface area contributed by atoms with Crippen LogP contribution in [0.5, 0.6) is 0 Å². The maximum Gasteiger partial charge on any atom is 0.0991 e. The van der Waals surface area contributed by atoms with Crippen molar-refractivity contribution in [3.63, 3.8) is 0 Å². The standard InChI is InChI=1S/C19H20ClN3/c1-4-23(3)13-22-19-11-18(20)10-17(14(19)2)9-15-5-7-16(12-21)8-6-15/h5-8,10-11,13H,4,9H2,1-3H3/b22-13-. The summed E-state index contributed by atoms with van der Waals surface area (Å²) in [7, 11) is 1.99. The van der Waals surface area contributed by atoms with E-state index in [0.717, 1.165) is 35.3 Å². The van der Waals surface area contributed by atoms with Gasteiger partial charge in [-0.1, -0.05) is 23.7 Å². The molecule has 0 saturated heterocycles. The number of hydrogen-bond donors (Lipinski definition) is 0. The smallest absolute Gasteiger partial charge is 0.0991 e. The highest BCUT2D eigenvalue weighted by Crippen LogP contribution is 2.28. The van der Waals surface area contributed by atoms with E-state index in [0.29, 0.717) is 10.6 Å². The Labute approximate surface area is 142 Å². The number of halogens is 1. The molecule has 4 heteroatoms. The number of rotatable bonds is 5. The second-order valence-corrected chi connectivity index (χ2v) is 5.95. The van der Waals surface area contributed by atoms with E-state index >= 15 is 0 Å². The lowest BCUT2D eigenvalue weighted by atomic mass is 9.99. The number of aliphatic imine (C=N–C) groups is 1. The molecule has 0 atom stereocenters. The molecule has 23 heavy (non-hydrogen) atoms. The SMILES string of the molecule is CCN(C)/C=N\c1cc(Cl)cc(Cc2ccc(C#N)cc2)c1C. The Balaban J connectivity index is 2.29. The van der Waals surface area contributed by atoms with Gasteiger partial charge in [-0.15, -0.1) is 0 Å². The van der Waals surface area contributed by atoms with Crippen LogP contribution >= 0.6 is 11.6 Å². The Hall–Kier alpha value is -2.31. The molecular formula is C19H20ClN3. The van der Waals surface area contributed by atoms with Crippen LogP contribution in [0.4, 0.5) is 5.69 Å². The first-order chi connectivity index (χ1) is 11.0. The zero-order valence-electron chi connectivity index (χ0n) is 13.7.